The Labute approximate surface area is 100 Å². The van der Waals surface area contributed by atoms with Crippen LogP contribution < -0.4 is 11.1 Å². The summed E-state index contributed by atoms with van der Waals surface area (Å²) in [6, 6.07) is 10.1. The second kappa shape index (κ2) is 5.30. The van der Waals surface area contributed by atoms with Crippen molar-refractivity contribution < 1.29 is 0 Å². The van der Waals surface area contributed by atoms with Gasteiger partial charge in [-0.25, -0.2) is 0 Å². The molecule has 0 amide bonds. The van der Waals surface area contributed by atoms with Crippen LogP contribution in [0.2, 0.25) is 0 Å². The summed E-state index contributed by atoms with van der Waals surface area (Å²) in [6.07, 6.45) is 3.28. The van der Waals surface area contributed by atoms with Crippen molar-refractivity contribution in [1.82, 2.24) is 4.98 Å². The molecule has 0 radical (unpaired) electrons. The molecule has 0 aliphatic rings. The third-order valence-electron chi connectivity index (χ3n) is 2.57. The molecule has 0 fully saturated rings. The lowest BCUT2D eigenvalue weighted by atomic mass is 10.2. The lowest BCUT2D eigenvalue weighted by molar-refractivity contribution is 0.905. The number of pyridine rings is 1. The van der Waals surface area contributed by atoms with E-state index in [0.29, 0.717) is 6.42 Å². The highest BCUT2D eigenvalue weighted by atomic mass is 14.9. The Morgan fingerprint density at radius 2 is 2.12 bits per heavy atom. The van der Waals surface area contributed by atoms with Gasteiger partial charge in [0.1, 0.15) is 0 Å². The Hall–Kier alpha value is -2.10. The van der Waals surface area contributed by atoms with Gasteiger partial charge in [0.05, 0.1) is 17.0 Å². The van der Waals surface area contributed by atoms with E-state index in [1.54, 1.807) is 6.20 Å². The zero-order valence-corrected chi connectivity index (χ0v) is 9.61. The van der Waals surface area contributed by atoms with E-state index < -0.39 is 0 Å². The zero-order valence-electron chi connectivity index (χ0n) is 9.61. The van der Waals surface area contributed by atoms with Crippen LogP contribution in [-0.4, -0.2) is 17.4 Å². The van der Waals surface area contributed by atoms with Gasteiger partial charge in [0.25, 0.3) is 0 Å². The smallest absolute Gasteiger partial charge is 0.0933 e. The number of anilines is 1. The van der Waals surface area contributed by atoms with Crippen LogP contribution in [0, 0.1) is 5.41 Å². The van der Waals surface area contributed by atoms with Gasteiger partial charge in [-0.05, 0) is 18.6 Å². The first kappa shape index (κ1) is 11.4. The fraction of sp³-hybridized carbons (Fsp3) is 0.231. The number of para-hydroxylation sites is 1. The lowest BCUT2D eigenvalue weighted by Crippen LogP contribution is -2.12. The number of benzene rings is 1. The fourth-order valence-corrected chi connectivity index (χ4v) is 1.75. The lowest BCUT2D eigenvalue weighted by Gasteiger charge is -2.08. The van der Waals surface area contributed by atoms with Crippen molar-refractivity contribution in [1.29, 1.82) is 5.41 Å². The molecule has 88 valence electrons. The number of rotatable bonds is 5. The normalized spacial score (nSPS) is 10.4. The summed E-state index contributed by atoms with van der Waals surface area (Å²) in [4.78, 5) is 4.37. The highest BCUT2D eigenvalue weighted by Gasteiger charge is 2.00. The van der Waals surface area contributed by atoms with Crippen LogP contribution in [0.4, 0.5) is 5.69 Å². The summed E-state index contributed by atoms with van der Waals surface area (Å²) in [7, 11) is 0. The summed E-state index contributed by atoms with van der Waals surface area (Å²) in [5.74, 6) is 0.239. The van der Waals surface area contributed by atoms with Gasteiger partial charge in [-0.1, -0.05) is 18.2 Å². The van der Waals surface area contributed by atoms with Crippen molar-refractivity contribution in [2.75, 3.05) is 11.9 Å². The molecule has 0 unspecified atom stereocenters. The number of hydrogen-bond acceptors (Lipinski definition) is 3. The fourth-order valence-electron chi connectivity index (χ4n) is 1.75. The Morgan fingerprint density at radius 3 is 2.94 bits per heavy atom. The molecular formula is C13H16N4. The van der Waals surface area contributed by atoms with Crippen LogP contribution in [0.1, 0.15) is 12.8 Å². The topological polar surface area (TPSA) is 74.8 Å². The molecule has 0 aliphatic carbocycles. The maximum Gasteiger partial charge on any atom is 0.0933 e. The van der Waals surface area contributed by atoms with Crippen LogP contribution in [-0.2, 0) is 0 Å². The standard InChI is InChI=1S/C13H16N4/c14-12(15)7-3-8-16-11-6-1-4-10-5-2-9-17-13(10)11/h1-2,4-6,9,16H,3,7-8H2,(H3,14,15). The predicted octanol–water partition coefficient (Wildman–Crippen LogP) is 2.36. The van der Waals surface area contributed by atoms with E-state index >= 15 is 0 Å². The van der Waals surface area contributed by atoms with E-state index in [1.807, 2.05) is 30.3 Å². The van der Waals surface area contributed by atoms with Gasteiger partial charge in [-0.2, -0.15) is 0 Å². The van der Waals surface area contributed by atoms with Crippen molar-refractivity contribution in [2.45, 2.75) is 12.8 Å². The molecule has 0 saturated carbocycles. The molecule has 0 saturated heterocycles. The number of aromatic nitrogens is 1. The van der Waals surface area contributed by atoms with Crippen LogP contribution in [0.3, 0.4) is 0 Å². The molecule has 1 aromatic carbocycles. The number of fused-ring (bicyclic) bond motifs is 1. The Morgan fingerprint density at radius 1 is 1.29 bits per heavy atom. The average Bonchev–Trinajstić information content (AvgIpc) is 2.34. The largest absolute Gasteiger partial charge is 0.388 e. The number of hydrogen-bond donors (Lipinski definition) is 3. The number of nitrogens with one attached hydrogen (secondary N) is 2. The molecule has 0 atom stereocenters. The molecule has 4 nitrogen and oxygen atoms in total. The molecule has 4 heteroatoms. The van der Waals surface area contributed by atoms with Crippen molar-refractivity contribution in [3.63, 3.8) is 0 Å². The van der Waals surface area contributed by atoms with Crippen molar-refractivity contribution >= 4 is 22.4 Å². The Balaban J connectivity index is 2.05. The zero-order chi connectivity index (χ0) is 12.1. The van der Waals surface area contributed by atoms with E-state index in [1.165, 1.54) is 0 Å². The summed E-state index contributed by atoms with van der Waals surface area (Å²) < 4.78 is 0. The molecule has 1 aromatic heterocycles. The molecule has 2 aromatic rings. The van der Waals surface area contributed by atoms with Crippen LogP contribution in [0.25, 0.3) is 10.9 Å². The highest BCUT2D eigenvalue weighted by Crippen LogP contribution is 2.20. The van der Waals surface area contributed by atoms with Gasteiger partial charge in [0.15, 0.2) is 0 Å². The molecule has 17 heavy (non-hydrogen) atoms. The second-order valence-corrected chi connectivity index (χ2v) is 3.94. The van der Waals surface area contributed by atoms with Gasteiger partial charge in [0, 0.05) is 24.5 Å². The maximum atomic E-state index is 7.15. The van der Waals surface area contributed by atoms with Gasteiger partial charge in [-0.3, -0.25) is 10.4 Å². The van der Waals surface area contributed by atoms with Crippen LogP contribution in [0.15, 0.2) is 36.5 Å². The number of nitrogens with two attached hydrogens (primary N) is 1. The molecule has 1 heterocycles. The van der Waals surface area contributed by atoms with Crippen molar-refractivity contribution in [2.24, 2.45) is 5.73 Å². The van der Waals surface area contributed by atoms with Crippen LogP contribution >= 0.6 is 0 Å². The minimum absolute atomic E-state index is 0.239. The third kappa shape index (κ3) is 2.93. The van der Waals surface area contributed by atoms with E-state index in [9.17, 15) is 0 Å². The molecule has 0 spiro atoms. The van der Waals surface area contributed by atoms with E-state index in [0.717, 1.165) is 29.6 Å². The minimum Gasteiger partial charge on any atom is -0.388 e. The second-order valence-electron chi connectivity index (χ2n) is 3.94. The predicted molar refractivity (Wildman–Crippen MR) is 71.4 cm³/mol. The van der Waals surface area contributed by atoms with Crippen molar-refractivity contribution in [3.05, 3.63) is 36.5 Å². The molecule has 4 N–H and O–H groups in total. The van der Waals surface area contributed by atoms with E-state index in [-0.39, 0.29) is 5.84 Å². The van der Waals surface area contributed by atoms with Crippen molar-refractivity contribution in [3.8, 4) is 0 Å². The molecule has 2 rings (SSSR count). The van der Waals surface area contributed by atoms with Crippen LogP contribution in [0.5, 0.6) is 0 Å². The molecule has 0 bridgehead atoms. The first-order chi connectivity index (χ1) is 8.27. The van der Waals surface area contributed by atoms with E-state index in [2.05, 4.69) is 10.3 Å². The third-order valence-corrected chi connectivity index (χ3v) is 2.57. The minimum atomic E-state index is 0.239. The first-order valence-corrected chi connectivity index (χ1v) is 5.68. The molecule has 0 aliphatic heterocycles. The van der Waals surface area contributed by atoms with Gasteiger partial charge in [0.2, 0.25) is 0 Å². The highest BCUT2D eigenvalue weighted by molar-refractivity contribution is 5.90. The van der Waals surface area contributed by atoms with Gasteiger partial charge >= 0.3 is 0 Å². The average molecular weight is 228 g/mol. The van der Waals surface area contributed by atoms with E-state index in [4.69, 9.17) is 11.1 Å². The van der Waals surface area contributed by atoms with Gasteiger partial charge < -0.3 is 11.1 Å². The SMILES string of the molecule is N=C(N)CCCNc1cccc2cccnc12. The summed E-state index contributed by atoms with van der Waals surface area (Å²) in [5, 5.41) is 11.6. The Kier molecular flexibility index (Phi) is 3.55. The quantitative estimate of drug-likeness (QED) is 0.418. The number of amidine groups is 1. The summed E-state index contributed by atoms with van der Waals surface area (Å²) >= 11 is 0. The monoisotopic (exact) mass is 228 g/mol. The summed E-state index contributed by atoms with van der Waals surface area (Å²) in [5.41, 5.74) is 7.32. The number of nitrogens with zero attached hydrogens (tertiary/aromatic N) is 1. The van der Waals surface area contributed by atoms with Gasteiger partial charge in [-0.15, -0.1) is 0 Å². The maximum absolute atomic E-state index is 7.15. The first-order valence-electron chi connectivity index (χ1n) is 5.68. The summed E-state index contributed by atoms with van der Waals surface area (Å²) in [6.45, 7) is 0.801. The molecular weight excluding hydrogens is 212 g/mol. The Bertz CT molecular complexity index is 516.